The Bertz CT molecular complexity index is 278. The molecular formula is C7H7F2IN2. The zero-order valence-corrected chi connectivity index (χ0v) is 8.18. The summed E-state index contributed by atoms with van der Waals surface area (Å²) in [5, 5.41) is 0. The molecule has 1 aromatic carbocycles. The molecule has 0 unspecified atom stereocenters. The molecule has 0 fully saturated rings. The molecule has 0 aliphatic carbocycles. The van der Waals surface area contributed by atoms with Crippen molar-refractivity contribution < 1.29 is 8.78 Å². The van der Waals surface area contributed by atoms with Crippen LogP contribution in [0.4, 0.5) is 14.5 Å². The number of nitrogens with two attached hydrogens (primary N) is 1. The number of alkyl halides is 2. The lowest BCUT2D eigenvalue weighted by Gasteiger charge is -2.07. The summed E-state index contributed by atoms with van der Waals surface area (Å²) < 4.78 is 25.4. The minimum Gasteiger partial charge on any atom is -0.324 e. The number of hydrogen-bond donors (Lipinski definition) is 2. The zero-order valence-electron chi connectivity index (χ0n) is 6.02. The third-order valence-electron chi connectivity index (χ3n) is 1.41. The maximum absolute atomic E-state index is 12.2. The van der Waals surface area contributed by atoms with E-state index in [1.807, 2.05) is 22.6 Å². The highest BCUT2D eigenvalue weighted by atomic mass is 127. The molecule has 5 heteroatoms. The van der Waals surface area contributed by atoms with E-state index in [0.717, 1.165) is 3.57 Å². The van der Waals surface area contributed by atoms with Crippen LogP contribution in [-0.2, 0) is 0 Å². The summed E-state index contributed by atoms with van der Waals surface area (Å²) >= 11 is 2.03. The normalized spacial score (nSPS) is 10.4. The molecular weight excluding hydrogens is 277 g/mol. The topological polar surface area (TPSA) is 38.0 Å². The maximum Gasteiger partial charge on any atom is 0.265 e. The molecule has 0 heterocycles. The van der Waals surface area contributed by atoms with E-state index in [9.17, 15) is 8.78 Å². The summed E-state index contributed by atoms with van der Waals surface area (Å²) in [6.07, 6.45) is -2.49. The van der Waals surface area contributed by atoms with Crippen LogP contribution < -0.4 is 11.3 Å². The van der Waals surface area contributed by atoms with Gasteiger partial charge in [-0.25, -0.2) is 8.78 Å². The summed E-state index contributed by atoms with van der Waals surface area (Å²) in [6.45, 7) is 0. The number of anilines is 1. The van der Waals surface area contributed by atoms with E-state index < -0.39 is 6.43 Å². The van der Waals surface area contributed by atoms with Crippen molar-refractivity contribution in [3.05, 3.63) is 27.3 Å². The van der Waals surface area contributed by atoms with Gasteiger partial charge in [-0.15, -0.1) is 0 Å². The number of benzene rings is 1. The lowest BCUT2D eigenvalue weighted by molar-refractivity contribution is 0.152. The maximum atomic E-state index is 12.2. The fourth-order valence-corrected chi connectivity index (χ4v) is 1.33. The van der Waals surface area contributed by atoms with Gasteiger partial charge in [-0.05, 0) is 34.7 Å². The van der Waals surface area contributed by atoms with Crippen LogP contribution in [0.3, 0.4) is 0 Å². The highest BCUT2D eigenvalue weighted by Gasteiger charge is 2.11. The minimum atomic E-state index is -2.49. The fourth-order valence-electron chi connectivity index (χ4n) is 0.844. The third kappa shape index (κ3) is 2.04. The standard InChI is InChI=1S/C7H7F2IN2/c8-7(9)5-2-1-4(10)3-6(5)12-11/h1-3,7,12H,11H2. The Balaban J connectivity index is 3.11. The van der Waals surface area contributed by atoms with Gasteiger partial charge >= 0.3 is 0 Å². The average molecular weight is 284 g/mol. The first-order valence-electron chi connectivity index (χ1n) is 3.19. The number of rotatable bonds is 2. The Kier molecular flexibility index (Phi) is 3.21. The Morgan fingerprint density at radius 1 is 1.42 bits per heavy atom. The molecule has 0 saturated heterocycles. The zero-order chi connectivity index (χ0) is 9.14. The summed E-state index contributed by atoms with van der Waals surface area (Å²) in [4.78, 5) is 0. The second-order valence-corrected chi connectivity index (χ2v) is 3.42. The van der Waals surface area contributed by atoms with Gasteiger partial charge in [0.1, 0.15) is 0 Å². The predicted molar refractivity (Wildman–Crippen MR) is 51.9 cm³/mol. The molecule has 0 bridgehead atoms. The van der Waals surface area contributed by atoms with E-state index in [0.29, 0.717) is 0 Å². The summed E-state index contributed by atoms with van der Waals surface area (Å²) in [5.74, 6) is 5.07. The van der Waals surface area contributed by atoms with Crippen LogP contribution >= 0.6 is 22.6 Å². The van der Waals surface area contributed by atoms with E-state index >= 15 is 0 Å². The molecule has 0 radical (unpaired) electrons. The minimum absolute atomic E-state index is 0.0714. The predicted octanol–water partition coefficient (Wildman–Crippen LogP) is 2.51. The summed E-state index contributed by atoms with van der Waals surface area (Å²) in [7, 11) is 0. The van der Waals surface area contributed by atoms with Crippen LogP contribution in [0, 0.1) is 3.57 Å². The van der Waals surface area contributed by atoms with Crippen molar-refractivity contribution in [3.8, 4) is 0 Å². The molecule has 66 valence electrons. The van der Waals surface area contributed by atoms with Crippen LogP contribution in [-0.4, -0.2) is 0 Å². The molecule has 3 N–H and O–H groups in total. The Morgan fingerprint density at radius 2 is 2.08 bits per heavy atom. The molecule has 0 atom stereocenters. The molecule has 1 rings (SSSR count). The van der Waals surface area contributed by atoms with E-state index in [-0.39, 0.29) is 11.3 Å². The molecule has 0 aliphatic heterocycles. The van der Waals surface area contributed by atoms with Crippen molar-refractivity contribution >= 4 is 28.3 Å². The van der Waals surface area contributed by atoms with Gasteiger partial charge in [0.2, 0.25) is 0 Å². The van der Waals surface area contributed by atoms with Crippen LogP contribution in [0.2, 0.25) is 0 Å². The van der Waals surface area contributed by atoms with E-state index in [2.05, 4.69) is 5.43 Å². The molecule has 0 aliphatic rings. The van der Waals surface area contributed by atoms with Gasteiger partial charge in [0, 0.05) is 9.13 Å². The highest BCUT2D eigenvalue weighted by Crippen LogP contribution is 2.27. The van der Waals surface area contributed by atoms with Crippen molar-refractivity contribution in [3.63, 3.8) is 0 Å². The second kappa shape index (κ2) is 3.99. The fraction of sp³-hybridized carbons (Fsp3) is 0.143. The van der Waals surface area contributed by atoms with Gasteiger partial charge < -0.3 is 5.43 Å². The number of hydrazine groups is 1. The van der Waals surface area contributed by atoms with Crippen molar-refractivity contribution in [1.82, 2.24) is 0 Å². The molecule has 0 spiro atoms. The highest BCUT2D eigenvalue weighted by molar-refractivity contribution is 14.1. The number of nitrogens with one attached hydrogen (secondary N) is 1. The monoisotopic (exact) mass is 284 g/mol. The Labute approximate surface area is 82.2 Å². The number of nitrogen functional groups attached to an aromatic ring is 1. The van der Waals surface area contributed by atoms with Gasteiger partial charge in [0.25, 0.3) is 6.43 Å². The molecule has 0 saturated carbocycles. The van der Waals surface area contributed by atoms with E-state index in [4.69, 9.17) is 5.84 Å². The first-order chi connectivity index (χ1) is 5.65. The molecule has 0 amide bonds. The van der Waals surface area contributed by atoms with Crippen LogP contribution in [0.25, 0.3) is 0 Å². The van der Waals surface area contributed by atoms with Crippen LogP contribution in [0.1, 0.15) is 12.0 Å². The lowest BCUT2D eigenvalue weighted by Crippen LogP contribution is -2.09. The lowest BCUT2D eigenvalue weighted by atomic mass is 10.2. The van der Waals surface area contributed by atoms with Crippen LogP contribution in [0.5, 0.6) is 0 Å². The van der Waals surface area contributed by atoms with Crippen LogP contribution in [0.15, 0.2) is 18.2 Å². The smallest absolute Gasteiger partial charge is 0.265 e. The van der Waals surface area contributed by atoms with Crippen molar-refractivity contribution in [1.29, 1.82) is 0 Å². The van der Waals surface area contributed by atoms with Crippen molar-refractivity contribution in [2.45, 2.75) is 6.43 Å². The number of halogens is 3. The largest absolute Gasteiger partial charge is 0.324 e. The molecule has 0 aromatic heterocycles. The first kappa shape index (κ1) is 9.66. The van der Waals surface area contributed by atoms with Gasteiger partial charge in [-0.1, -0.05) is 6.07 Å². The third-order valence-corrected chi connectivity index (χ3v) is 2.08. The van der Waals surface area contributed by atoms with Crippen molar-refractivity contribution in [2.24, 2.45) is 5.84 Å². The Hall–Kier alpha value is -0.430. The first-order valence-corrected chi connectivity index (χ1v) is 4.27. The summed E-state index contributed by atoms with van der Waals surface area (Å²) in [5.41, 5.74) is 2.44. The van der Waals surface area contributed by atoms with Gasteiger partial charge in [-0.3, -0.25) is 5.84 Å². The average Bonchev–Trinajstić information content (AvgIpc) is 2.03. The van der Waals surface area contributed by atoms with E-state index in [1.54, 1.807) is 12.1 Å². The van der Waals surface area contributed by atoms with Gasteiger partial charge in [0.05, 0.1) is 5.69 Å². The SMILES string of the molecule is NNc1cc(I)ccc1C(F)F. The molecule has 12 heavy (non-hydrogen) atoms. The molecule has 1 aromatic rings. The second-order valence-electron chi connectivity index (χ2n) is 2.18. The summed E-state index contributed by atoms with van der Waals surface area (Å²) in [6, 6.07) is 4.55. The van der Waals surface area contributed by atoms with Gasteiger partial charge in [-0.2, -0.15) is 0 Å². The molecule has 2 nitrogen and oxygen atoms in total. The van der Waals surface area contributed by atoms with E-state index in [1.165, 1.54) is 6.07 Å². The quantitative estimate of drug-likeness (QED) is 0.497. The Morgan fingerprint density at radius 3 is 2.58 bits per heavy atom. The van der Waals surface area contributed by atoms with Gasteiger partial charge in [0.15, 0.2) is 0 Å². The van der Waals surface area contributed by atoms with Crippen molar-refractivity contribution in [2.75, 3.05) is 5.43 Å². The number of hydrogen-bond acceptors (Lipinski definition) is 2.